The number of fused-ring (bicyclic) bond motifs is 1. The Bertz CT molecular complexity index is 1140. The van der Waals surface area contributed by atoms with Crippen LogP contribution in [-0.4, -0.2) is 31.5 Å². The van der Waals surface area contributed by atoms with Crippen molar-refractivity contribution in [2.75, 3.05) is 19.5 Å². The van der Waals surface area contributed by atoms with E-state index in [9.17, 15) is 4.79 Å². The monoisotopic (exact) mass is 419 g/mol. The molecule has 4 rings (SSSR count). The summed E-state index contributed by atoms with van der Waals surface area (Å²) >= 11 is 1.37. The van der Waals surface area contributed by atoms with Gasteiger partial charge in [-0.2, -0.15) is 0 Å². The smallest absolute Gasteiger partial charge is 0.265 e. The molecule has 2 heterocycles. The SMILES string of the molecule is COC(NC(=O)c1cc2c(Nc3ccc(-c4ccccc4)cc3)cncc2s1)OC. The maximum Gasteiger partial charge on any atom is 0.265 e. The van der Waals surface area contributed by atoms with Crippen LogP contribution in [0.25, 0.3) is 21.2 Å². The summed E-state index contributed by atoms with van der Waals surface area (Å²) in [7, 11) is 2.93. The van der Waals surface area contributed by atoms with Gasteiger partial charge in [0, 0.05) is 31.5 Å². The number of pyridine rings is 1. The third-order valence-corrected chi connectivity index (χ3v) is 5.69. The van der Waals surface area contributed by atoms with Crippen LogP contribution in [0.2, 0.25) is 0 Å². The Morgan fingerprint density at radius 2 is 1.67 bits per heavy atom. The lowest BCUT2D eigenvalue weighted by Crippen LogP contribution is -2.37. The highest BCUT2D eigenvalue weighted by Crippen LogP contribution is 2.32. The molecule has 1 amide bonds. The number of ether oxygens (including phenoxy) is 2. The van der Waals surface area contributed by atoms with Gasteiger partial charge in [-0.3, -0.25) is 9.78 Å². The van der Waals surface area contributed by atoms with Crippen molar-refractivity contribution >= 4 is 38.7 Å². The van der Waals surface area contributed by atoms with Gasteiger partial charge in [-0.05, 0) is 29.3 Å². The largest absolute Gasteiger partial charge is 0.354 e. The Labute approximate surface area is 178 Å². The first-order valence-electron chi connectivity index (χ1n) is 9.34. The van der Waals surface area contributed by atoms with E-state index in [1.54, 1.807) is 12.4 Å². The van der Waals surface area contributed by atoms with Crippen LogP contribution in [0.4, 0.5) is 11.4 Å². The number of rotatable bonds is 7. The number of thiophene rings is 1. The van der Waals surface area contributed by atoms with Crippen LogP contribution >= 0.6 is 11.3 Å². The van der Waals surface area contributed by atoms with E-state index in [2.05, 4.69) is 39.9 Å². The van der Waals surface area contributed by atoms with Crippen molar-refractivity contribution in [2.45, 2.75) is 6.41 Å². The molecule has 7 heteroatoms. The molecule has 0 fully saturated rings. The van der Waals surface area contributed by atoms with Crippen LogP contribution in [0, 0.1) is 0 Å². The quantitative estimate of drug-likeness (QED) is 0.412. The van der Waals surface area contributed by atoms with E-state index >= 15 is 0 Å². The van der Waals surface area contributed by atoms with Crippen molar-refractivity contribution in [1.29, 1.82) is 0 Å². The van der Waals surface area contributed by atoms with Crippen LogP contribution in [0.3, 0.4) is 0 Å². The van der Waals surface area contributed by atoms with Gasteiger partial charge in [0.05, 0.1) is 21.5 Å². The normalized spacial score (nSPS) is 11.0. The van der Waals surface area contributed by atoms with Crippen LogP contribution in [0.15, 0.2) is 73.1 Å². The van der Waals surface area contributed by atoms with E-state index < -0.39 is 6.41 Å². The Balaban J connectivity index is 1.56. The summed E-state index contributed by atoms with van der Waals surface area (Å²) in [5.41, 5.74) is 4.11. The summed E-state index contributed by atoms with van der Waals surface area (Å²) in [4.78, 5) is 17.3. The molecule has 4 aromatic rings. The number of carbonyl (C=O) groups is 1. The predicted molar refractivity (Wildman–Crippen MR) is 120 cm³/mol. The molecule has 0 atom stereocenters. The number of aromatic nitrogens is 1. The zero-order chi connectivity index (χ0) is 20.9. The molecule has 0 aliphatic rings. The number of anilines is 2. The fraction of sp³-hybridized carbons (Fsp3) is 0.130. The van der Waals surface area contributed by atoms with Gasteiger partial charge in [-0.1, -0.05) is 42.5 Å². The first-order chi connectivity index (χ1) is 14.7. The minimum Gasteiger partial charge on any atom is -0.354 e. The van der Waals surface area contributed by atoms with Gasteiger partial charge < -0.3 is 20.1 Å². The number of methoxy groups -OCH3 is 2. The number of amides is 1. The molecular weight excluding hydrogens is 398 g/mol. The molecule has 0 saturated carbocycles. The van der Waals surface area contributed by atoms with E-state index in [4.69, 9.17) is 9.47 Å². The number of hydrogen-bond donors (Lipinski definition) is 2. The van der Waals surface area contributed by atoms with Crippen molar-refractivity contribution in [2.24, 2.45) is 0 Å². The number of nitrogens with one attached hydrogen (secondary N) is 2. The van der Waals surface area contributed by atoms with Crippen molar-refractivity contribution < 1.29 is 14.3 Å². The first-order valence-corrected chi connectivity index (χ1v) is 10.2. The summed E-state index contributed by atoms with van der Waals surface area (Å²) in [6.07, 6.45) is 2.72. The van der Waals surface area contributed by atoms with Crippen LogP contribution < -0.4 is 10.6 Å². The maximum atomic E-state index is 12.5. The molecule has 2 aromatic carbocycles. The van der Waals surface area contributed by atoms with E-state index in [-0.39, 0.29) is 5.91 Å². The lowest BCUT2D eigenvalue weighted by atomic mass is 10.1. The fourth-order valence-electron chi connectivity index (χ4n) is 3.10. The standard InChI is InChI=1S/C23H21N3O3S/c1-28-23(29-2)26-22(27)20-12-18-19(13-24-14-21(18)30-20)25-17-10-8-16(9-11-17)15-6-4-3-5-7-15/h3-14,23,25H,1-2H3,(H,26,27). The molecular formula is C23H21N3O3S. The summed E-state index contributed by atoms with van der Waals surface area (Å²) in [5, 5.41) is 7.00. The second-order valence-electron chi connectivity index (χ2n) is 6.55. The lowest BCUT2D eigenvalue weighted by molar-refractivity contribution is -0.115. The second-order valence-corrected chi connectivity index (χ2v) is 7.64. The highest BCUT2D eigenvalue weighted by atomic mass is 32.1. The summed E-state index contributed by atoms with van der Waals surface area (Å²) < 4.78 is 11.0. The van der Waals surface area contributed by atoms with Gasteiger partial charge in [0.25, 0.3) is 5.91 Å². The molecule has 2 N–H and O–H groups in total. The molecule has 0 saturated heterocycles. The molecule has 6 nitrogen and oxygen atoms in total. The Morgan fingerprint density at radius 1 is 0.967 bits per heavy atom. The van der Waals surface area contributed by atoms with Gasteiger partial charge in [-0.25, -0.2) is 0 Å². The Kier molecular flexibility index (Phi) is 6.04. The Morgan fingerprint density at radius 3 is 2.37 bits per heavy atom. The number of carbonyl (C=O) groups excluding carboxylic acids is 1. The van der Waals surface area contributed by atoms with Gasteiger partial charge in [0.2, 0.25) is 6.41 Å². The minimum atomic E-state index is -0.790. The lowest BCUT2D eigenvalue weighted by Gasteiger charge is -2.13. The van der Waals surface area contributed by atoms with Gasteiger partial charge in [0.1, 0.15) is 0 Å². The molecule has 0 radical (unpaired) electrons. The molecule has 0 aliphatic carbocycles. The highest BCUT2D eigenvalue weighted by molar-refractivity contribution is 7.20. The highest BCUT2D eigenvalue weighted by Gasteiger charge is 2.16. The average molecular weight is 420 g/mol. The number of benzene rings is 2. The topological polar surface area (TPSA) is 72.5 Å². The summed E-state index contributed by atoms with van der Waals surface area (Å²) in [5.74, 6) is -0.261. The molecule has 0 unspecified atom stereocenters. The maximum absolute atomic E-state index is 12.5. The van der Waals surface area contributed by atoms with Crippen molar-refractivity contribution in [3.63, 3.8) is 0 Å². The number of nitrogens with zero attached hydrogens (tertiary/aromatic N) is 1. The van der Waals surface area contributed by atoms with Gasteiger partial charge in [0.15, 0.2) is 0 Å². The van der Waals surface area contributed by atoms with E-state index in [1.807, 2.05) is 36.4 Å². The summed E-state index contributed by atoms with van der Waals surface area (Å²) in [6.45, 7) is 0. The minimum absolute atomic E-state index is 0.261. The van der Waals surface area contributed by atoms with E-state index in [1.165, 1.54) is 31.1 Å². The molecule has 0 bridgehead atoms. The molecule has 0 aliphatic heterocycles. The van der Waals surface area contributed by atoms with E-state index in [0.29, 0.717) is 4.88 Å². The van der Waals surface area contributed by atoms with Gasteiger partial charge in [-0.15, -0.1) is 11.3 Å². The van der Waals surface area contributed by atoms with E-state index in [0.717, 1.165) is 27.0 Å². The third kappa shape index (κ3) is 4.33. The van der Waals surface area contributed by atoms with Crippen molar-refractivity contribution in [3.05, 3.63) is 77.9 Å². The fourth-order valence-corrected chi connectivity index (χ4v) is 4.05. The molecule has 2 aromatic heterocycles. The summed E-state index contributed by atoms with van der Waals surface area (Å²) in [6, 6.07) is 20.3. The Hall–Kier alpha value is -3.26. The van der Waals surface area contributed by atoms with Crippen molar-refractivity contribution in [1.82, 2.24) is 10.3 Å². The van der Waals surface area contributed by atoms with Crippen molar-refractivity contribution in [3.8, 4) is 11.1 Å². The number of hydrogen-bond acceptors (Lipinski definition) is 6. The average Bonchev–Trinajstić information content (AvgIpc) is 3.24. The molecule has 0 spiro atoms. The second kappa shape index (κ2) is 9.04. The third-order valence-electron chi connectivity index (χ3n) is 4.62. The predicted octanol–water partition coefficient (Wildman–Crippen LogP) is 5.01. The first kappa shape index (κ1) is 20.0. The van der Waals surface area contributed by atoms with Crippen LogP contribution in [0.5, 0.6) is 0 Å². The molecule has 152 valence electrons. The zero-order valence-corrected chi connectivity index (χ0v) is 17.4. The zero-order valence-electron chi connectivity index (χ0n) is 16.6. The van der Waals surface area contributed by atoms with Crippen LogP contribution in [-0.2, 0) is 9.47 Å². The molecule has 30 heavy (non-hydrogen) atoms. The van der Waals surface area contributed by atoms with Gasteiger partial charge >= 0.3 is 0 Å². The van der Waals surface area contributed by atoms with Crippen LogP contribution in [0.1, 0.15) is 9.67 Å².